The van der Waals surface area contributed by atoms with Crippen molar-refractivity contribution < 1.29 is 25.2 Å². The Bertz CT molecular complexity index is 2160. The zero-order chi connectivity index (χ0) is 39.6. The smallest absolute Gasteiger partial charge is 0.148 e. The highest BCUT2D eigenvalue weighted by molar-refractivity contribution is 5.81. The van der Waals surface area contributed by atoms with E-state index in [1.807, 2.05) is 60.7 Å². The number of methoxy groups -OCH3 is 1. The van der Waals surface area contributed by atoms with Crippen LogP contribution in [0.15, 0.2) is 212 Å². The van der Waals surface area contributed by atoms with Gasteiger partial charge in [-0.1, -0.05) is 115 Å². The maximum atomic E-state index is 11.7. The molecule has 0 spiro atoms. The van der Waals surface area contributed by atoms with Gasteiger partial charge in [-0.3, -0.25) is 0 Å². The Hall–Kier alpha value is -7.28. The van der Waals surface area contributed by atoms with E-state index < -0.39 is 0 Å². The lowest BCUT2D eigenvalue weighted by atomic mass is 9.73. The molecule has 8 rings (SSSR count). The fraction of sp³-hybridized carbons (Fsp3) is 0.0588. The molecule has 1 atom stereocenters. The number of para-hydroxylation sites is 3. The first-order valence-corrected chi connectivity index (χ1v) is 18.7. The summed E-state index contributed by atoms with van der Waals surface area (Å²) in [6.07, 6.45) is 0. The van der Waals surface area contributed by atoms with E-state index in [4.69, 9.17) is 4.74 Å². The van der Waals surface area contributed by atoms with Crippen LogP contribution in [-0.2, 0) is 0 Å². The summed E-state index contributed by atoms with van der Waals surface area (Å²) in [4.78, 5) is 0. The van der Waals surface area contributed by atoms with Crippen molar-refractivity contribution in [2.45, 2.75) is 11.8 Å². The van der Waals surface area contributed by atoms with Gasteiger partial charge in [0.1, 0.15) is 45.7 Å². The van der Waals surface area contributed by atoms with Crippen LogP contribution in [0.4, 0.5) is 22.7 Å². The molecule has 0 bridgehead atoms. The van der Waals surface area contributed by atoms with Crippen molar-refractivity contribution in [2.75, 3.05) is 7.11 Å². The fourth-order valence-electron chi connectivity index (χ4n) is 7.53. The molecule has 0 saturated carbocycles. The zero-order valence-corrected chi connectivity index (χ0v) is 31.5. The molecule has 0 aromatic heterocycles. The van der Waals surface area contributed by atoms with E-state index in [1.165, 1.54) is 17.1 Å². The fourth-order valence-corrected chi connectivity index (χ4v) is 7.53. The topological polar surface area (TPSA) is 93.0 Å². The van der Waals surface area contributed by atoms with Gasteiger partial charge in [-0.25, -0.2) is 0 Å². The second-order valence-corrected chi connectivity index (χ2v) is 13.7. The second-order valence-electron chi connectivity index (χ2n) is 13.7. The number of quaternary nitrogens is 1. The number of aromatic hydroxyl groups is 3. The predicted octanol–water partition coefficient (Wildman–Crippen LogP) is 11.8. The van der Waals surface area contributed by atoms with Gasteiger partial charge < -0.3 is 25.2 Å². The van der Waals surface area contributed by atoms with Crippen LogP contribution in [-0.4, -0.2) is 22.4 Å². The van der Waals surface area contributed by atoms with E-state index in [0.717, 1.165) is 33.7 Å². The largest absolute Gasteiger partial charge is 0.872 e. The van der Waals surface area contributed by atoms with E-state index in [2.05, 4.69) is 103 Å². The first-order chi connectivity index (χ1) is 27.9. The van der Waals surface area contributed by atoms with E-state index in [-0.39, 0.29) is 34.8 Å². The molecule has 8 aromatic carbocycles. The monoisotopic (exact) mass is 749 g/mol. The number of hydrogen-bond donors (Lipinski definition) is 3. The molecule has 0 saturated heterocycles. The van der Waals surface area contributed by atoms with Crippen molar-refractivity contribution in [2.24, 2.45) is 0 Å². The molecule has 0 aliphatic carbocycles. The molecule has 0 amide bonds. The van der Waals surface area contributed by atoms with Gasteiger partial charge in [0.25, 0.3) is 0 Å². The molecular weight excluding hydrogens is 707 g/mol. The third-order valence-electron chi connectivity index (χ3n) is 10.2. The molecule has 282 valence electrons. The number of ether oxygens (including phenoxy) is 1. The third kappa shape index (κ3) is 8.37. The Kier molecular flexibility index (Phi) is 11.6. The lowest BCUT2D eigenvalue weighted by Crippen LogP contribution is -2.33. The molecule has 57 heavy (non-hydrogen) atoms. The predicted molar refractivity (Wildman–Crippen MR) is 227 cm³/mol. The maximum absolute atomic E-state index is 11.7. The standard InChI is InChI=1S/C26H22O4.C25H22NO/c27-21-9-1-17(2-10-21)25(18-3-11-22(28)12-4-18)26(19-5-13-23(29)14-6-19)20-7-15-24(30)16-8-20;1-27-25-19-17-24(18-20-25)26(21-11-5-2-6-12-21,22-13-7-3-8-14-22)23-15-9-4-10-16-23/h1-16,25-30H;2-20H,1H3/q;+1/p-1. The molecule has 1 unspecified atom stereocenters. The number of nitrogens with zero attached hydrogens (tertiary/aromatic N) is 1. The summed E-state index contributed by atoms with van der Waals surface area (Å²) < 4.78 is 5.90. The lowest BCUT2D eigenvalue weighted by molar-refractivity contribution is -0.268. The van der Waals surface area contributed by atoms with Gasteiger partial charge in [0.15, 0.2) is 0 Å². The summed E-state index contributed by atoms with van der Waals surface area (Å²) in [5.74, 6) is 1.01. The van der Waals surface area contributed by atoms with Crippen LogP contribution in [0.5, 0.6) is 28.7 Å². The average molecular weight is 750 g/mol. The Balaban J connectivity index is 0.000000175. The summed E-state index contributed by atoms with van der Waals surface area (Å²) in [6, 6.07) is 68.1. The van der Waals surface area contributed by atoms with Gasteiger partial charge in [0.05, 0.1) is 7.11 Å². The van der Waals surface area contributed by atoms with E-state index in [1.54, 1.807) is 55.6 Å². The molecule has 0 radical (unpaired) electrons. The van der Waals surface area contributed by atoms with Crippen LogP contribution in [0.1, 0.15) is 34.1 Å². The van der Waals surface area contributed by atoms with Gasteiger partial charge in [-0.05, 0) is 70.8 Å². The third-order valence-corrected chi connectivity index (χ3v) is 10.2. The highest BCUT2D eigenvalue weighted by atomic mass is 16.5. The summed E-state index contributed by atoms with van der Waals surface area (Å²) in [5, 5.41) is 41.1. The number of phenols is 3. The van der Waals surface area contributed by atoms with Crippen LogP contribution in [0, 0.1) is 0 Å². The molecule has 8 aromatic rings. The van der Waals surface area contributed by atoms with E-state index in [9.17, 15) is 20.4 Å². The van der Waals surface area contributed by atoms with Crippen LogP contribution in [0.3, 0.4) is 0 Å². The summed E-state index contributed by atoms with van der Waals surface area (Å²) in [5.41, 5.74) is 8.56. The second kappa shape index (κ2) is 17.5. The normalized spacial score (nSPS) is 11.6. The molecule has 0 aliphatic heterocycles. The van der Waals surface area contributed by atoms with Gasteiger partial charge >= 0.3 is 0 Å². The summed E-state index contributed by atoms with van der Waals surface area (Å²) in [7, 11) is 1.70. The minimum atomic E-state index is -0.166. The first-order valence-electron chi connectivity index (χ1n) is 18.7. The first kappa shape index (κ1) is 38.0. The number of benzene rings is 8. The Morgan fingerprint density at radius 3 is 0.947 bits per heavy atom. The Labute approximate surface area is 333 Å². The highest BCUT2D eigenvalue weighted by Gasteiger charge is 2.39. The lowest BCUT2D eigenvalue weighted by Gasteiger charge is -2.37. The van der Waals surface area contributed by atoms with Gasteiger partial charge in [-0.15, -0.1) is 5.75 Å². The summed E-state index contributed by atoms with van der Waals surface area (Å²) in [6.45, 7) is 0. The van der Waals surface area contributed by atoms with Crippen LogP contribution < -0.4 is 14.3 Å². The Morgan fingerprint density at radius 2 is 0.649 bits per heavy atom. The van der Waals surface area contributed by atoms with Crippen molar-refractivity contribution in [1.82, 2.24) is 4.48 Å². The molecular formula is C51H43NO5. The van der Waals surface area contributed by atoms with Crippen molar-refractivity contribution in [1.29, 1.82) is 0 Å². The minimum Gasteiger partial charge on any atom is -0.872 e. The van der Waals surface area contributed by atoms with E-state index in [0.29, 0.717) is 4.48 Å². The van der Waals surface area contributed by atoms with Crippen LogP contribution in [0.2, 0.25) is 0 Å². The molecule has 0 heterocycles. The molecule has 0 fully saturated rings. The number of rotatable bonds is 10. The molecule has 0 aliphatic rings. The summed E-state index contributed by atoms with van der Waals surface area (Å²) >= 11 is 0. The van der Waals surface area contributed by atoms with Gasteiger partial charge in [0, 0.05) is 60.4 Å². The van der Waals surface area contributed by atoms with Gasteiger partial charge in [-0.2, -0.15) is 4.48 Å². The average Bonchev–Trinajstić information content (AvgIpc) is 3.26. The van der Waals surface area contributed by atoms with E-state index >= 15 is 0 Å². The van der Waals surface area contributed by atoms with Crippen molar-refractivity contribution in [3.63, 3.8) is 0 Å². The van der Waals surface area contributed by atoms with Crippen molar-refractivity contribution in [3.8, 4) is 28.7 Å². The van der Waals surface area contributed by atoms with Crippen molar-refractivity contribution in [3.05, 3.63) is 235 Å². The number of phenolic OH excluding ortho intramolecular Hbond substituents is 3. The number of hydrogen-bond acceptors (Lipinski definition) is 5. The maximum Gasteiger partial charge on any atom is 0.148 e. The Morgan fingerprint density at radius 1 is 0.368 bits per heavy atom. The highest BCUT2D eigenvalue weighted by Crippen LogP contribution is 2.51. The quantitative estimate of drug-likeness (QED) is 0.121. The minimum absolute atomic E-state index is 0.0611. The molecule has 6 heteroatoms. The van der Waals surface area contributed by atoms with Crippen LogP contribution in [0.25, 0.3) is 0 Å². The van der Waals surface area contributed by atoms with Crippen LogP contribution >= 0.6 is 0 Å². The van der Waals surface area contributed by atoms with Gasteiger partial charge in [0.2, 0.25) is 0 Å². The van der Waals surface area contributed by atoms with Crippen molar-refractivity contribution >= 4 is 22.7 Å². The SMILES string of the molecule is COc1ccc([N+](c2ccccc2)(c2ccccc2)c2ccccc2)cc1.[O-]c1ccc(C(c2ccc(O)cc2)C(c2ccc(O)cc2)c2ccc(O)cc2)cc1. The zero-order valence-electron chi connectivity index (χ0n) is 31.5. The molecule has 6 nitrogen and oxygen atoms in total. The molecule has 3 N–H and O–H groups in total.